The number of nitrogens with two attached hydrogens (primary N) is 1. The first-order chi connectivity index (χ1) is 17.6. The molecule has 37 heavy (non-hydrogen) atoms. The van der Waals surface area contributed by atoms with Crippen molar-refractivity contribution in [3.8, 4) is 0 Å². The van der Waals surface area contributed by atoms with E-state index in [1.165, 1.54) is 28.6 Å². The first kappa shape index (κ1) is 27.5. The molecule has 2 saturated heterocycles. The molecule has 0 saturated carbocycles. The molecule has 10 nitrogen and oxygen atoms in total. The minimum absolute atomic E-state index is 0.00901. The summed E-state index contributed by atoms with van der Waals surface area (Å²) in [5.74, 6) is 0.00901. The molecule has 2 fully saturated rings. The van der Waals surface area contributed by atoms with E-state index in [0.717, 1.165) is 10.2 Å². The molecular weight excluding hydrogens is 517 g/mol. The van der Waals surface area contributed by atoms with Gasteiger partial charge in [-0.2, -0.15) is 4.31 Å². The summed E-state index contributed by atoms with van der Waals surface area (Å²) >= 11 is 0. The average Bonchev–Trinajstić information content (AvgIpc) is 3.46. The number of rotatable bonds is 9. The summed E-state index contributed by atoms with van der Waals surface area (Å²) in [6.45, 7) is 4.73. The molecule has 200 valence electrons. The second kappa shape index (κ2) is 11.9. The van der Waals surface area contributed by atoms with E-state index in [0.29, 0.717) is 25.1 Å². The number of hydrogen-bond acceptors (Lipinski definition) is 8. The van der Waals surface area contributed by atoms with Gasteiger partial charge in [-0.25, -0.2) is 13.2 Å². The Bertz CT molecular complexity index is 1190. The Hall–Kier alpha value is -2.56. The van der Waals surface area contributed by atoms with E-state index in [1.54, 1.807) is 0 Å². The van der Waals surface area contributed by atoms with Crippen LogP contribution in [0.3, 0.4) is 0 Å². The normalized spacial score (nSPS) is 23.2. The van der Waals surface area contributed by atoms with Crippen molar-refractivity contribution in [3.63, 3.8) is 0 Å². The summed E-state index contributed by atoms with van der Waals surface area (Å²) in [6.07, 6.45) is -1.13. The van der Waals surface area contributed by atoms with Crippen LogP contribution in [0, 0.1) is 5.92 Å². The van der Waals surface area contributed by atoms with Crippen LogP contribution in [-0.4, -0.2) is 68.0 Å². The molecule has 0 aromatic heterocycles. The lowest BCUT2D eigenvalue weighted by atomic mass is 10.0. The van der Waals surface area contributed by atoms with Crippen LogP contribution < -0.4 is 5.73 Å². The van der Waals surface area contributed by atoms with Crippen LogP contribution in [0.1, 0.15) is 25.8 Å². The summed E-state index contributed by atoms with van der Waals surface area (Å²) in [7, 11) is -6.50. The number of ether oxygens (including phenoxy) is 2. The Morgan fingerprint density at radius 2 is 1.89 bits per heavy atom. The van der Waals surface area contributed by atoms with Crippen LogP contribution in [0.25, 0.3) is 0 Å². The molecule has 0 bridgehead atoms. The van der Waals surface area contributed by atoms with Gasteiger partial charge in [-0.15, -0.1) is 4.52 Å². The monoisotopic (exact) mass is 550 g/mol. The number of carbonyl (C=O) groups is 1. The van der Waals surface area contributed by atoms with Gasteiger partial charge in [0.05, 0.1) is 18.1 Å². The van der Waals surface area contributed by atoms with Crippen LogP contribution in [0.2, 0.25) is 0 Å². The van der Waals surface area contributed by atoms with Gasteiger partial charge in [-0.3, -0.25) is 0 Å². The van der Waals surface area contributed by atoms with Crippen LogP contribution in [0.5, 0.6) is 0 Å². The van der Waals surface area contributed by atoms with Gasteiger partial charge in [0.2, 0.25) is 10.0 Å². The molecule has 4 atom stereocenters. The molecule has 2 aliphatic heterocycles. The summed E-state index contributed by atoms with van der Waals surface area (Å²) in [4.78, 5) is 13.2. The smallest absolute Gasteiger partial charge is 0.441 e. The molecule has 2 N–H and O–H groups in total. The van der Waals surface area contributed by atoms with E-state index < -0.39 is 42.5 Å². The zero-order valence-corrected chi connectivity index (χ0v) is 22.6. The number of sulfonamides is 1. The van der Waals surface area contributed by atoms with Crippen molar-refractivity contribution >= 4 is 30.0 Å². The van der Waals surface area contributed by atoms with E-state index in [9.17, 15) is 17.8 Å². The Morgan fingerprint density at radius 3 is 2.51 bits per heavy atom. The van der Waals surface area contributed by atoms with Gasteiger partial charge < -0.3 is 15.2 Å². The number of nitrogen functional groups attached to an aromatic ring is 1. The average molecular weight is 551 g/mol. The van der Waals surface area contributed by atoms with Crippen LogP contribution in [0.4, 0.5) is 10.5 Å². The highest BCUT2D eigenvalue weighted by molar-refractivity contribution is 7.89. The van der Waals surface area contributed by atoms with E-state index in [4.69, 9.17) is 19.7 Å². The van der Waals surface area contributed by atoms with E-state index in [-0.39, 0.29) is 30.5 Å². The fraction of sp³-hybridized carbons (Fsp3) is 0.480. The minimum Gasteiger partial charge on any atom is -0.441 e. The van der Waals surface area contributed by atoms with Crippen molar-refractivity contribution in [3.05, 3.63) is 60.2 Å². The maximum atomic E-state index is 13.6. The predicted octanol–water partition coefficient (Wildman–Crippen LogP) is 3.81. The molecule has 0 spiro atoms. The highest BCUT2D eigenvalue weighted by Crippen LogP contribution is 2.44. The molecule has 2 aromatic carbocycles. The van der Waals surface area contributed by atoms with Crippen molar-refractivity contribution in [2.75, 3.05) is 32.0 Å². The Morgan fingerprint density at radius 1 is 1.19 bits per heavy atom. The molecular formula is C25H33N3O7PS+. The van der Waals surface area contributed by atoms with Crippen LogP contribution >= 0.6 is 8.18 Å². The first-order valence-electron chi connectivity index (χ1n) is 12.3. The fourth-order valence-electron chi connectivity index (χ4n) is 4.42. The van der Waals surface area contributed by atoms with Gasteiger partial charge in [0, 0.05) is 31.6 Å². The Balaban J connectivity index is 1.62. The highest BCUT2D eigenvalue weighted by atomic mass is 32.2. The summed E-state index contributed by atoms with van der Waals surface area (Å²) in [5, 5.41) is 0. The van der Waals surface area contributed by atoms with E-state index in [2.05, 4.69) is 0 Å². The van der Waals surface area contributed by atoms with Crippen molar-refractivity contribution in [1.29, 1.82) is 0 Å². The van der Waals surface area contributed by atoms with Gasteiger partial charge >= 0.3 is 14.3 Å². The molecule has 4 rings (SSSR count). The van der Waals surface area contributed by atoms with Crippen molar-refractivity contribution in [1.82, 2.24) is 8.98 Å². The quantitative estimate of drug-likeness (QED) is 0.369. The first-order valence-corrected chi connectivity index (χ1v) is 14.8. The van der Waals surface area contributed by atoms with Crippen LogP contribution in [-0.2, 0) is 35.0 Å². The standard InChI is InChI=1S/C25H33N3O7PS/c1-18(2)15-27(37(31,32)22-10-8-20(26)9-11-22)16-24-23(14-19-6-4-3-5-7-19)28(36(30)35-24)25(29)34-21-12-13-33-17-21/h3-11,18,21,23-24H,12-17,26H2,1-2H3/q+1/t21-,23+,24-/m0/s1. The van der Waals surface area contributed by atoms with Gasteiger partial charge in [0.1, 0.15) is 12.1 Å². The second-order valence-corrected chi connectivity index (χ2v) is 12.7. The molecule has 2 aromatic rings. The molecule has 12 heteroatoms. The zero-order chi connectivity index (χ0) is 26.6. The van der Waals surface area contributed by atoms with Crippen molar-refractivity contribution in [2.45, 2.75) is 49.8 Å². The topological polar surface area (TPSA) is 128 Å². The molecule has 2 heterocycles. The number of nitrogens with zero attached hydrogens (tertiary/aromatic N) is 2. The lowest BCUT2D eigenvalue weighted by Gasteiger charge is -2.27. The Labute approximate surface area is 218 Å². The number of hydrogen-bond donors (Lipinski definition) is 1. The van der Waals surface area contributed by atoms with Crippen molar-refractivity contribution < 1.29 is 31.8 Å². The third kappa shape index (κ3) is 6.66. The van der Waals surface area contributed by atoms with Gasteiger partial charge in [0.25, 0.3) is 0 Å². The summed E-state index contributed by atoms with van der Waals surface area (Å²) in [5.41, 5.74) is 7.10. The lowest BCUT2D eigenvalue weighted by Crippen LogP contribution is -2.47. The van der Waals surface area contributed by atoms with Gasteiger partial charge in [-0.05, 0) is 40.3 Å². The van der Waals surface area contributed by atoms with Crippen molar-refractivity contribution in [2.24, 2.45) is 5.92 Å². The SMILES string of the molecule is CC(C)CN(C[C@@H]1O[P+](=O)N(C(=O)O[C@H]2CCOC2)[C@@H]1Cc1ccccc1)S(=O)(=O)c1ccc(N)cc1. The van der Waals surface area contributed by atoms with E-state index in [1.807, 2.05) is 44.2 Å². The van der Waals surface area contributed by atoms with Gasteiger partial charge in [0.15, 0.2) is 6.10 Å². The van der Waals surface area contributed by atoms with E-state index >= 15 is 0 Å². The minimum atomic E-state index is -3.92. The maximum Gasteiger partial charge on any atom is 0.652 e. The third-order valence-electron chi connectivity index (χ3n) is 6.25. The fourth-order valence-corrected chi connectivity index (χ4v) is 7.23. The number of benzene rings is 2. The molecule has 2 aliphatic rings. The summed E-state index contributed by atoms with van der Waals surface area (Å²) < 4.78 is 59.4. The number of anilines is 1. The summed E-state index contributed by atoms with van der Waals surface area (Å²) in [6, 6.07) is 14.7. The van der Waals surface area contributed by atoms with Gasteiger partial charge in [-0.1, -0.05) is 48.8 Å². The molecule has 0 radical (unpaired) electrons. The maximum absolute atomic E-state index is 13.6. The predicted molar refractivity (Wildman–Crippen MR) is 138 cm³/mol. The lowest BCUT2D eigenvalue weighted by molar-refractivity contribution is 0.0620. The molecule has 1 amide bonds. The number of carbonyl (C=O) groups excluding carboxylic acids is 1. The zero-order valence-electron chi connectivity index (χ0n) is 20.9. The third-order valence-corrected chi connectivity index (χ3v) is 9.35. The molecule has 0 aliphatic carbocycles. The van der Waals surface area contributed by atoms with Crippen LogP contribution in [0.15, 0.2) is 59.5 Å². The Kier molecular flexibility index (Phi) is 8.82. The molecule has 1 unspecified atom stereocenters. The largest absolute Gasteiger partial charge is 0.652 e. The highest BCUT2D eigenvalue weighted by Gasteiger charge is 2.57. The number of amides is 1. The second-order valence-electron chi connectivity index (χ2n) is 9.64.